The molecule has 0 aliphatic carbocycles. The maximum atomic E-state index is 5.64. The Kier molecular flexibility index (Phi) is 5.71. The smallest absolute Gasteiger partial charge is 0.170 e. The van der Waals surface area contributed by atoms with E-state index in [-0.39, 0.29) is 12.1 Å². The average Bonchev–Trinajstić information content (AvgIpc) is 3.21. The summed E-state index contributed by atoms with van der Waals surface area (Å²) in [4.78, 5) is 6.83. The lowest BCUT2D eigenvalue weighted by atomic mass is 9.99. The first-order chi connectivity index (χ1) is 12.1. The highest BCUT2D eigenvalue weighted by molar-refractivity contribution is 7.80. The maximum absolute atomic E-state index is 5.64. The Morgan fingerprint density at radius 2 is 2.16 bits per heavy atom. The first-order valence-electron chi connectivity index (χ1n) is 8.76. The highest BCUT2D eigenvalue weighted by atomic mass is 32.1. The van der Waals surface area contributed by atoms with Gasteiger partial charge in [-0.1, -0.05) is 6.07 Å². The molecule has 0 radical (unpaired) electrons. The molecule has 1 fully saturated rings. The molecule has 1 aliphatic heterocycles. The summed E-state index contributed by atoms with van der Waals surface area (Å²) >= 11 is 5.64. The summed E-state index contributed by atoms with van der Waals surface area (Å²) in [6.07, 6.45) is 7.15. The maximum Gasteiger partial charge on any atom is 0.170 e. The third-order valence-electron chi connectivity index (χ3n) is 4.62. The quantitative estimate of drug-likeness (QED) is 0.606. The van der Waals surface area contributed by atoms with E-state index in [9.17, 15) is 0 Å². The van der Waals surface area contributed by atoms with Gasteiger partial charge in [0.05, 0.1) is 17.8 Å². The molecule has 1 aliphatic rings. The fraction of sp³-hybridized carbons (Fsp3) is 0.474. The molecule has 1 saturated heterocycles. The van der Waals surface area contributed by atoms with Gasteiger partial charge in [-0.2, -0.15) is 0 Å². The van der Waals surface area contributed by atoms with Gasteiger partial charge in [0.2, 0.25) is 0 Å². The van der Waals surface area contributed by atoms with Crippen LogP contribution in [0.3, 0.4) is 0 Å². The Labute approximate surface area is 155 Å². The first kappa shape index (κ1) is 17.9. The highest BCUT2D eigenvalue weighted by Crippen LogP contribution is 2.38. The molecular weight excluding hydrogens is 332 g/mol. The molecule has 2 atom stereocenters. The fourth-order valence-corrected chi connectivity index (χ4v) is 3.65. The lowest BCUT2D eigenvalue weighted by Crippen LogP contribution is -2.31. The van der Waals surface area contributed by atoms with Crippen molar-refractivity contribution >= 4 is 17.3 Å². The number of thiocarbonyl (C=S) groups is 1. The summed E-state index contributed by atoms with van der Waals surface area (Å²) in [5.74, 6) is 0. The van der Waals surface area contributed by atoms with Gasteiger partial charge in [-0.05, 0) is 56.2 Å². The van der Waals surface area contributed by atoms with Gasteiger partial charge in [0, 0.05) is 44.9 Å². The van der Waals surface area contributed by atoms with Crippen LogP contribution < -0.4 is 5.32 Å². The second-order valence-corrected chi connectivity index (χ2v) is 7.04. The van der Waals surface area contributed by atoms with Crippen LogP contribution in [0, 0.1) is 0 Å². The standard InChI is InChI=1S/C19H26N4OS/c1-14(2)22-11-8-15(13-22)18-17(16-7-4-5-9-20-16)21-19(25)23(18)10-6-12-24-3/h4-5,7-9,11,13-14,17-18H,6,10,12H2,1-3H3,(H,21,25). The molecule has 1 N–H and O–H groups in total. The topological polar surface area (TPSA) is 42.3 Å². The van der Waals surface area contributed by atoms with Crippen molar-refractivity contribution in [2.24, 2.45) is 0 Å². The van der Waals surface area contributed by atoms with Crippen LogP contribution in [-0.4, -0.2) is 39.8 Å². The van der Waals surface area contributed by atoms with Gasteiger partial charge < -0.3 is 19.5 Å². The monoisotopic (exact) mass is 358 g/mol. The predicted molar refractivity (Wildman–Crippen MR) is 103 cm³/mol. The molecule has 2 aromatic heterocycles. The molecule has 134 valence electrons. The zero-order valence-electron chi connectivity index (χ0n) is 15.1. The Morgan fingerprint density at radius 3 is 2.80 bits per heavy atom. The highest BCUT2D eigenvalue weighted by Gasteiger charge is 2.39. The van der Waals surface area contributed by atoms with E-state index in [2.05, 4.69) is 58.1 Å². The van der Waals surface area contributed by atoms with Gasteiger partial charge >= 0.3 is 0 Å². The van der Waals surface area contributed by atoms with Gasteiger partial charge in [0.25, 0.3) is 0 Å². The van der Waals surface area contributed by atoms with E-state index in [1.165, 1.54) is 5.56 Å². The van der Waals surface area contributed by atoms with Crippen molar-refractivity contribution in [3.8, 4) is 0 Å². The molecule has 3 rings (SSSR count). The summed E-state index contributed by atoms with van der Waals surface area (Å²) in [5, 5.41) is 4.27. The molecule has 2 unspecified atom stereocenters. The van der Waals surface area contributed by atoms with Crippen molar-refractivity contribution in [1.29, 1.82) is 0 Å². The minimum absolute atomic E-state index is 0.0549. The normalized spacial score (nSPS) is 20.3. The van der Waals surface area contributed by atoms with Crippen LogP contribution in [-0.2, 0) is 4.74 Å². The molecule has 25 heavy (non-hydrogen) atoms. The summed E-state index contributed by atoms with van der Waals surface area (Å²) in [7, 11) is 1.73. The van der Waals surface area contributed by atoms with Crippen LogP contribution >= 0.6 is 12.2 Å². The Bertz CT molecular complexity index is 700. The van der Waals surface area contributed by atoms with Gasteiger partial charge in [-0.3, -0.25) is 4.98 Å². The largest absolute Gasteiger partial charge is 0.385 e. The van der Waals surface area contributed by atoms with Crippen LogP contribution in [0.1, 0.15) is 49.7 Å². The number of nitrogens with one attached hydrogen (secondary N) is 1. The summed E-state index contributed by atoms with van der Waals surface area (Å²) in [5.41, 5.74) is 2.27. The SMILES string of the molecule is COCCCN1C(=S)NC(c2ccccn2)C1c1ccn(C(C)C)c1. The van der Waals surface area contributed by atoms with Gasteiger partial charge in [-0.25, -0.2) is 0 Å². The first-order valence-corrected chi connectivity index (χ1v) is 9.17. The third kappa shape index (κ3) is 3.85. The Morgan fingerprint density at radius 1 is 1.32 bits per heavy atom. The van der Waals surface area contributed by atoms with Crippen molar-refractivity contribution < 1.29 is 4.74 Å². The lowest BCUT2D eigenvalue weighted by Gasteiger charge is -2.27. The van der Waals surface area contributed by atoms with Crippen LogP contribution in [0.15, 0.2) is 42.9 Å². The van der Waals surface area contributed by atoms with Crippen molar-refractivity contribution in [3.05, 3.63) is 54.1 Å². The molecule has 5 nitrogen and oxygen atoms in total. The number of pyridine rings is 1. The third-order valence-corrected chi connectivity index (χ3v) is 4.97. The van der Waals surface area contributed by atoms with E-state index in [4.69, 9.17) is 17.0 Å². The second-order valence-electron chi connectivity index (χ2n) is 6.65. The van der Waals surface area contributed by atoms with Crippen LogP contribution in [0.5, 0.6) is 0 Å². The summed E-state index contributed by atoms with van der Waals surface area (Å²) in [6.45, 7) is 5.97. The van der Waals surface area contributed by atoms with Gasteiger partial charge in [0.15, 0.2) is 5.11 Å². The number of rotatable bonds is 7. The number of ether oxygens (including phenoxy) is 1. The zero-order chi connectivity index (χ0) is 17.8. The van der Waals surface area contributed by atoms with Crippen LogP contribution in [0.4, 0.5) is 0 Å². The number of nitrogens with zero attached hydrogens (tertiary/aromatic N) is 3. The zero-order valence-corrected chi connectivity index (χ0v) is 15.9. The van der Waals surface area contributed by atoms with Crippen molar-refractivity contribution in [2.45, 2.75) is 38.4 Å². The average molecular weight is 359 g/mol. The fourth-order valence-electron chi connectivity index (χ4n) is 3.32. The van der Waals surface area contributed by atoms with E-state index < -0.39 is 0 Å². The van der Waals surface area contributed by atoms with Crippen LogP contribution in [0.2, 0.25) is 0 Å². The predicted octanol–water partition coefficient (Wildman–Crippen LogP) is 3.47. The number of hydrogen-bond acceptors (Lipinski definition) is 3. The van der Waals surface area contributed by atoms with E-state index in [0.29, 0.717) is 6.04 Å². The molecule has 6 heteroatoms. The van der Waals surface area contributed by atoms with E-state index in [1.807, 2.05) is 18.3 Å². The van der Waals surface area contributed by atoms with Gasteiger partial charge in [-0.15, -0.1) is 0 Å². The van der Waals surface area contributed by atoms with E-state index in [0.717, 1.165) is 30.4 Å². The van der Waals surface area contributed by atoms with E-state index >= 15 is 0 Å². The second kappa shape index (κ2) is 7.97. The molecule has 0 bridgehead atoms. The molecule has 0 saturated carbocycles. The van der Waals surface area contributed by atoms with Crippen molar-refractivity contribution in [2.75, 3.05) is 20.3 Å². The molecule has 0 aromatic carbocycles. The molecule has 3 heterocycles. The van der Waals surface area contributed by atoms with Crippen LogP contribution in [0.25, 0.3) is 0 Å². The minimum Gasteiger partial charge on any atom is -0.385 e. The Balaban J connectivity index is 1.92. The number of hydrogen-bond donors (Lipinski definition) is 1. The lowest BCUT2D eigenvalue weighted by molar-refractivity contribution is 0.180. The molecule has 2 aromatic rings. The van der Waals surface area contributed by atoms with Gasteiger partial charge in [0.1, 0.15) is 0 Å². The molecule has 0 amide bonds. The van der Waals surface area contributed by atoms with Crippen molar-refractivity contribution in [1.82, 2.24) is 19.8 Å². The number of methoxy groups -OCH3 is 1. The molecule has 0 spiro atoms. The van der Waals surface area contributed by atoms with E-state index in [1.54, 1.807) is 7.11 Å². The Hall–Kier alpha value is -1.92. The molecular formula is C19H26N4OS. The summed E-state index contributed by atoms with van der Waals surface area (Å²) < 4.78 is 7.45. The summed E-state index contributed by atoms with van der Waals surface area (Å²) in [6, 6.07) is 8.85. The van der Waals surface area contributed by atoms with Crippen molar-refractivity contribution in [3.63, 3.8) is 0 Å². The minimum atomic E-state index is 0.0549. The number of aromatic nitrogens is 2.